The second kappa shape index (κ2) is 10.9. The Kier molecular flexibility index (Phi) is 7.92. The lowest BCUT2D eigenvalue weighted by Gasteiger charge is -2.23. The Bertz CT molecular complexity index is 1180. The number of benzene rings is 2. The minimum absolute atomic E-state index is 0.0346. The summed E-state index contributed by atoms with van der Waals surface area (Å²) in [5.74, 6) is -4.04. The van der Waals surface area contributed by atoms with Crippen molar-refractivity contribution in [3.63, 3.8) is 0 Å². The summed E-state index contributed by atoms with van der Waals surface area (Å²) in [4.78, 5) is 74.7. The van der Waals surface area contributed by atoms with Crippen molar-refractivity contribution in [2.75, 3.05) is 24.9 Å². The van der Waals surface area contributed by atoms with Crippen molar-refractivity contribution in [2.45, 2.75) is 24.9 Å². The summed E-state index contributed by atoms with van der Waals surface area (Å²) in [6.07, 6.45) is -0.840. The third-order valence-electron chi connectivity index (χ3n) is 5.44. The first-order valence-corrected chi connectivity index (χ1v) is 10.7. The van der Waals surface area contributed by atoms with Gasteiger partial charge in [0.25, 0.3) is 0 Å². The van der Waals surface area contributed by atoms with Gasteiger partial charge in [0, 0.05) is 11.1 Å². The van der Waals surface area contributed by atoms with E-state index in [4.69, 9.17) is 11.5 Å². The molecule has 2 atom stereocenters. The van der Waals surface area contributed by atoms with Gasteiger partial charge in [-0.3, -0.25) is 28.8 Å². The molecule has 0 aliphatic heterocycles. The molecule has 12 nitrogen and oxygen atoms in total. The number of hydrogen-bond acceptors (Lipinski definition) is 10. The normalized spacial score (nSPS) is 13.6. The molecule has 0 heterocycles. The molecule has 6 N–H and O–H groups in total. The van der Waals surface area contributed by atoms with Crippen LogP contribution in [0.25, 0.3) is 0 Å². The quantitative estimate of drug-likeness (QED) is 0.311. The lowest BCUT2D eigenvalue weighted by Crippen LogP contribution is -2.36. The molecule has 1 aliphatic rings. The van der Waals surface area contributed by atoms with E-state index in [2.05, 4.69) is 20.1 Å². The fourth-order valence-electron chi connectivity index (χ4n) is 3.72. The zero-order chi connectivity index (χ0) is 26.6. The highest BCUT2D eigenvalue weighted by molar-refractivity contribution is 6.32. The van der Waals surface area contributed by atoms with Crippen molar-refractivity contribution >= 4 is 46.7 Å². The smallest absolute Gasteiger partial charge is 0.323 e. The van der Waals surface area contributed by atoms with Gasteiger partial charge in [0.05, 0.1) is 49.6 Å². The fourth-order valence-corrected chi connectivity index (χ4v) is 3.72. The summed E-state index contributed by atoms with van der Waals surface area (Å²) in [6, 6.07) is 6.27. The van der Waals surface area contributed by atoms with E-state index in [1.165, 1.54) is 36.4 Å². The number of carbonyl (C=O) groups excluding carboxylic acids is 6. The van der Waals surface area contributed by atoms with Gasteiger partial charge in [-0.2, -0.15) is 0 Å². The van der Waals surface area contributed by atoms with Crippen LogP contribution in [0.4, 0.5) is 11.4 Å². The number of rotatable bonds is 8. The van der Waals surface area contributed by atoms with Gasteiger partial charge < -0.3 is 31.6 Å². The van der Waals surface area contributed by atoms with Crippen LogP contribution in [0.15, 0.2) is 36.4 Å². The van der Waals surface area contributed by atoms with Crippen molar-refractivity contribution in [1.82, 2.24) is 0 Å². The van der Waals surface area contributed by atoms with Crippen LogP contribution < -0.4 is 22.1 Å². The highest BCUT2D eigenvalue weighted by Crippen LogP contribution is 2.35. The molecule has 2 aromatic rings. The number of ketones is 2. The minimum atomic E-state index is -1.22. The van der Waals surface area contributed by atoms with E-state index in [9.17, 15) is 28.8 Å². The fraction of sp³-hybridized carbons (Fsp3) is 0.250. The monoisotopic (exact) mass is 496 g/mol. The molecule has 1 aliphatic carbocycles. The number of amides is 2. The highest BCUT2D eigenvalue weighted by Gasteiger charge is 2.34. The third-order valence-corrected chi connectivity index (χ3v) is 5.44. The first kappa shape index (κ1) is 26.2. The van der Waals surface area contributed by atoms with Gasteiger partial charge in [-0.05, 0) is 12.1 Å². The van der Waals surface area contributed by atoms with Crippen molar-refractivity contribution in [1.29, 1.82) is 0 Å². The second-order valence-electron chi connectivity index (χ2n) is 7.88. The van der Waals surface area contributed by atoms with Crippen molar-refractivity contribution in [3.8, 4) is 0 Å². The maximum atomic E-state index is 13.6. The number of nitrogens with two attached hydrogens (primary N) is 2. The van der Waals surface area contributed by atoms with E-state index >= 15 is 0 Å². The molecule has 36 heavy (non-hydrogen) atoms. The number of hydrogen-bond donors (Lipinski definition) is 4. The van der Waals surface area contributed by atoms with E-state index in [1.54, 1.807) is 0 Å². The summed E-state index contributed by atoms with van der Waals surface area (Å²) in [5, 5.41) is 5.02. The van der Waals surface area contributed by atoms with Crippen LogP contribution in [0.2, 0.25) is 0 Å². The number of ether oxygens (including phenoxy) is 2. The molecule has 0 aromatic heterocycles. The van der Waals surface area contributed by atoms with Crippen LogP contribution >= 0.6 is 0 Å². The SMILES string of the molecule is COC(=O)C(N)CC(=O)Nc1cccc2c1C(=O)c1c(NC(=O)CC(N)C(=O)OC)cccc1C2=O. The average Bonchev–Trinajstić information content (AvgIpc) is 2.85. The molecule has 2 unspecified atom stereocenters. The van der Waals surface area contributed by atoms with E-state index in [1.807, 2.05) is 0 Å². The van der Waals surface area contributed by atoms with Crippen LogP contribution in [-0.4, -0.2) is 61.6 Å². The van der Waals surface area contributed by atoms with E-state index in [0.717, 1.165) is 14.2 Å². The molecule has 0 saturated heterocycles. The molecule has 0 fully saturated rings. The Balaban J connectivity index is 1.92. The molecule has 2 amide bonds. The Morgan fingerprint density at radius 3 is 1.47 bits per heavy atom. The first-order valence-electron chi connectivity index (χ1n) is 10.7. The molecule has 12 heteroatoms. The third kappa shape index (κ3) is 5.29. The summed E-state index contributed by atoms with van der Waals surface area (Å²) in [6.45, 7) is 0. The van der Waals surface area contributed by atoms with Crippen LogP contribution in [0.1, 0.15) is 44.7 Å². The van der Waals surface area contributed by atoms with E-state index in [0.29, 0.717) is 0 Å². The van der Waals surface area contributed by atoms with Gasteiger partial charge in [-0.15, -0.1) is 0 Å². The zero-order valence-corrected chi connectivity index (χ0v) is 19.5. The first-order chi connectivity index (χ1) is 17.1. The van der Waals surface area contributed by atoms with Crippen LogP contribution in [0.5, 0.6) is 0 Å². The summed E-state index contributed by atoms with van der Waals surface area (Å²) >= 11 is 0. The Morgan fingerprint density at radius 2 is 1.11 bits per heavy atom. The number of anilines is 2. The molecule has 3 rings (SSSR count). The van der Waals surface area contributed by atoms with E-state index < -0.39 is 60.2 Å². The van der Waals surface area contributed by atoms with Gasteiger partial charge >= 0.3 is 11.9 Å². The Hall–Kier alpha value is -4.42. The van der Waals surface area contributed by atoms with Gasteiger partial charge in [0.1, 0.15) is 12.1 Å². The van der Waals surface area contributed by atoms with Gasteiger partial charge in [0.2, 0.25) is 11.8 Å². The molecule has 2 aromatic carbocycles. The van der Waals surface area contributed by atoms with Crippen molar-refractivity contribution in [3.05, 3.63) is 58.7 Å². The van der Waals surface area contributed by atoms with Crippen LogP contribution in [0.3, 0.4) is 0 Å². The molecular formula is C24H24N4O8. The number of fused-ring (bicyclic) bond motifs is 2. The van der Waals surface area contributed by atoms with Crippen LogP contribution in [-0.2, 0) is 28.7 Å². The summed E-state index contributed by atoms with van der Waals surface area (Å²) < 4.78 is 9.00. The molecule has 0 spiro atoms. The predicted molar refractivity (Wildman–Crippen MR) is 126 cm³/mol. The summed E-state index contributed by atoms with van der Waals surface area (Å²) in [7, 11) is 2.27. The van der Waals surface area contributed by atoms with Crippen LogP contribution in [0, 0.1) is 0 Å². The molecule has 0 radical (unpaired) electrons. The lowest BCUT2D eigenvalue weighted by molar-refractivity contribution is -0.143. The van der Waals surface area contributed by atoms with Crippen molar-refractivity contribution < 1.29 is 38.2 Å². The molecule has 0 bridgehead atoms. The summed E-state index contributed by atoms with van der Waals surface area (Å²) in [5.41, 5.74) is 11.3. The number of methoxy groups -OCH3 is 2. The maximum absolute atomic E-state index is 13.6. The molecule has 0 saturated carbocycles. The molecular weight excluding hydrogens is 472 g/mol. The number of nitrogens with one attached hydrogen (secondary N) is 2. The number of carbonyl (C=O) groups is 6. The minimum Gasteiger partial charge on any atom is -0.468 e. The Labute approximate surface area is 205 Å². The zero-order valence-electron chi connectivity index (χ0n) is 19.5. The number of esters is 2. The lowest BCUT2D eigenvalue weighted by atomic mass is 9.82. The van der Waals surface area contributed by atoms with Gasteiger partial charge in [-0.1, -0.05) is 24.3 Å². The molecule has 188 valence electrons. The topological polar surface area (TPSA) is 197 Å². The highest BCUT2D eigenvalue weighted by atomic mass is 16.5. The van der Waals surface area contributed by atoms with Gasteiger partial charge in [-0.25, -0.2) is 0 Å². The maximum Gasteiger partial charge on any atom is 0.323 e. The standard InChI is InChI=1S/C24H24N4O8/c1-35-23(33)13(25)9-17(29)27-15-7-3-5-11-19(15)22(32)20-12(21(11)31)6-4-8-16(20)28-18(30)10-14(26)24(34)36-2/h3-8,13-14H,9-10,25-26H2,1-2H3,(H,27,29)(H,28,30). The predicted octanol–water partition coefficient (Wildman–Crippen LogP) is 0.120. The Morgan fingerprint density at radius 1 is 0.722 bits per heavy atom. The largest absolute Gasteiger partial charge is 0.468 e. The average molecular weight is 496 g/mol. The van der Waals surface area contributed by atoms with Crippen molar-refractivity contribution in [2.24, 2.45) is 11.5 Å². The second-order valence-corrected chi connectivity index (χ2v) is 7.88. The van der Waals surface area contributed by atoms with Gasteiger partial charge in [0.15, 0.2) is 11.6 Å². The van der Waals surface area contributed by atoms with E-state index in [-0.39, 0.29) is 33.6 Å².